The number of carbonyl (C=O) groups excluding carboxylic acids is 1. The van der Waals surface area contributed by atoms with E-state index < -0.39 is 8.32 Å². The van der Waals surface area contributed by atoms with Crippen molar-refractivity contribution in [3.8, 4) is 0 Å². The van der Waals surface area contributed by atoms with Crippen LogP contribution in [-0.4, -0.2) is 31.9 Å². The van der Waals surface area contributed by atoms with Crippen molar-refractivity contribution < 1.29 is 9.22 Å². The van der Waals surface area contributed by atoms with Crippen LogP contribution in [0, 0.1) is 28.6 Å². The minimum Gasteiger partial charge on any atom is -0.407 e. The number of nitrogens with one attached hydrogen (secondary N) is 1. The molecule has 3 aromatic rings. The van der Waals surface area contributed by atoms with Gasteiger partial charge in [-0.25, -0.2) is 0 Å². The van der Waals surface area contributed by atoms with E-state index in [0.29, 0.717) is 24.0 Å². The molecule has 1 heterocycles. The van der Waals surface area contributed by atoms with Crippen LogP contribution >= 0.6 is 0 Å². The lowest BCUT2D eigenvalue weighted by atomic mass is 9.46. The molecule has 0 radical (unpaired) electrons. The van der Waals surface area contributed by atoms with Gasteiger partial charge in [-0.15, -0.1) is 0 Å². The standard InChI is InChI=1S/C37H50N2O2Si/c1-27-31(26-41-42(35(2,3)4,29-17-10-8-11-18-29)30-19-12-9-13-20-30)37(7)22-15-21-36(5,6)33(37)24-32(27)39-34(40)28-16-14-23-38-25-28/h8-14,16-20,23,25,27,31-33H,15,21-22,24,26H2,1-7H3,(H,39,40)/t27-,31-,32+,33?,37+/m0/s1. The molecule has 1 unspecified atom stereocenters. The molecule has 0 spiro atoms. The number of benzene rings is 2. The van der Waals surface area contributed by atoms with E-state index in [2.05, 4.69) is 119 Å². The number of hydrogen-bond donors (Lipinski definition) is 1. The molecule has 42 heavy (non-hydrogen) atoms. The molecule has 1 N–H and O–H groups in total. The summed E-state index contributed by atoms with van der Waals surface area (Å²) < 4.78 is 7.61. The van der Waals surface area contributed by atoms with Crippen LogP contribution in [0.1, 0.15) is 84.5 Å². The van der Waals surface area contributed by atoms with Gasteiger partial charge in [-0.1, -0.05) is 116 Å². The molecule has 1 aromatic heterocycles. The summed E-state index contributed by atoms with van der Waals surface area (Å²) in [6.07, 6.45) is 8.08. The van der Waals surface area contributed by atoms with Gasteiger partial charge in [0.15, 0.2) is 0 Å². The minimum atomic E-state index is -2.69. The van der Waals surface area contributed by atoms with Crippen molar-refractivity contribution in [3.63, 3.8) is 0 Å². The third-order valence-electron chi connectivity index (χ3n) is 11.0. The SMILES string of the molecule is C[C@@H]1[C@H](NC(=O)c2cccnc2)CC2C(C)(C)CCC[C@]2(C)[C@H]1CO[Si](c1ccccc1)(c1ccccc1)C(C)(C)C. The maximum absolute atomic E-state index is 13.4. The van der Waals surface area contributed by atoms with Crippen LogP contribution in [0.15, 0.2) is 85.2 Å². The average molecular weight is 583 g/mol. The molecule has 4 nitrogen and oxygen atoms in total. The second kappa shape index (κ2) is 11.7. The summed E-state index contributed by atoms with van der Waals surface area (Å²) in [6.45, 7) is 17.6. The van der Waals surface area contributed by atoms with Crippen molar-refractivity contribution in [3.05, 3.63) is 90.8 Å². The molecule has 2 aliphatic carbocycles. The van der Waals surface area contributed by atoms with Crippen LogP contribution in [-0.2, 0) is 4.43 Å². The van der Waals surface area contributed by atoms with Crippen molar-refractivity contribution in [2.24, 2.45) is 28.6 Å². The number of fused-ring (bicyclic) bond motifs is 1. The zero-order valence-corrected chi connectivity index (χ0v) is 27.7. The first-order valence-corrected chi connectivity index (χ1v) is 17.8. The van der Waals surface area contributed by atoms with Crippen molar-refractivity contribution in [2.75, 3.05) is 6.61 Å². The van der Waals surface area contributed by atoms with E-state index in [-0.39, 0.29) is 33.7 Å². The minimum absolute atomic E-state index is 0.0242. The van der Waals surface area contributed by atoms with Crippen LogP contribution in [0.5, 0.6) is 0 Å². The zero-order chi connectivity index (χ0) is 30.2. The van der Waals surface area contributed by atoms with E-state index in [4.69, 9.17) is 4.43 Å². The largest absolute Gasteiger partial charge is 0.407 e. The normalized spacial score (nSPS) is 27.6. The summed E-state index contributed by atoms with van der Waals surface area (Å²) in [5.41, 5.74) is 0.975. The Labute approximate surface area is 254 Å². The van der Waals surface area contributed by atoms with Gasteiger partial charge < -0.3 is 9.74 Å². The second-order valence-electron chi connectivity index (χ2n) is 14.9. The maximum Gasteiger partial charge on any atom is 0.261 e. The predicted octanol–water partition coefficient (Wildman–Crippen LogP) is 7.25. The van der Waals surface area contributed by atoms with E-state index in [1.165, 1.54) is 29.6 Å². The lowest BCUT2D eigenvalue weighted by Gasteiger charge is -2.61. The summed E-state index contributed by atoms with van der Waals surface area (Å²) in [5, 5.41) is 6.03. The first-order valence-electron chi connectivity index (χ1n) is 15.9. The first-order chi connectivity index (χ1) is 19.9. The number of amides is 1. The van der Waals surface area contributed by atoms with Gasteiger partial charge in [0, 0.05) is 25.0 Å². The lowest BCUT2D eigenvalue weighted by Crippen LogP contribution is -2.68. The van der Waals surface area contributed by atoms with Gasteiger partial charge in [-0.2, -0.15) is 0 Å². The quantitative estimate of drug-likeness (QED) is 0.299. The van der Waals surface area contributed by atoms with Crippen LogP contribution in [0.2, 0.25) is 5.04 Å². The van der Waals surface area contributed by atoms with E-state index >= 15 is 0 Å². The highest BCUT2D eigenvalue weighted by molar-refractivity contribution is 6.99. The van der Waals surface area contributed by atoms with Crippen molar-refractivity contribution in [2.45, 2.75) is 85.2 Å². The molecule has 2 saturated carbocycles. The van der Waals surface area contributed by atoms with E-state index in [0.717, 1.165) is 6.42 Å². The molecule has 0 bridgehead atoms. The first kappa shape index (κ1) is 30.7. The molecular weight excluding hydrogens is 533 g/mol. The van der Waals surface area contributed by atoms with E-state index in [1.807, 2.05) is 12.1 Å². The molecule has 224 valence electrons. The van der Waals surface area contributed by atoms with Crippen molar-refractivity contribution in [1.29, 1.82) is 0 Å². The molecular formula is C37H50N2O2Si. The summed E-state index contributed by atoms with van der Waals surface area (Å²) >= 11 is 0. The predicted molar refractivity (Wildman–Crippen MR) is 176 cm³/mol. The number of hydrogen-bond acceptors (Lipinski definition) is 3. The van der Waals surface area contributed by atoms with Crippen LogP contribution in [0.4, 0.5) is 0 Å². The lowest BCUT2D eigenvalue weighted by molar-refractivity contribution is -0.116. The summed E-state index contributed by atoms with van der Waals surface area (Å²) in [7, 11) is -2.69. The van der Waals surface area contributed by atoms with Gasteiger partial charge in [0.05, 0.1) is 5.56 Å². The fourth-order valence-electron chi connectivity index (χ4n) is 8.81. The highest BCUT2D eigenvalue weighted by Gasteiger charge is 2.58. The molecule has 2 aromatic carbocycles. The highest BCUT2D eigenvalue weighted by Crippen LogP contribution is 2.61. The monoisotopic (exact) mass is 582 g/mol. The smallest absolute Gasteiger partial charge is 0.261 e. The molecule has 0 saturated heterocycles. The highest BCUT2D eigenvalue weighted by atomic mass is 28.4. The fraction of sp³-hybridized carbons (Fsp3) is 0.514. The molecule has 5 heteroatoms. The molecule has 2 aliphatic rings. The Morgan fingerprint density at radius 3 is 2.12 bits per heavy atom. The zero-order valence-electron chi connectivity index (χ0n) is 26.7. The number of aromatic nitrogens is 1. The third kappa shape index (κ3) is 5.51. The average Bonchev–Trinajstić information content (AvgIpc) is 2.96. The van der Waals surface area contributed by atoms with Crippen molar-refractivity contribution in [1.82, 2.24) is 10.3 Å². The Hall–Kier alpha value is -2.76. The van der Waals surface area contributed by atoms with Gasteiger partial charge in [-0.3, -0.25) is 9.78 Å². The van der Waals surface area contributed by atoms with E-state index in [9.17, 15) is 4.79 Å². The van der Waals surface area contributed by atoms with Crippen LogP contribution in [0.3, 0.4) is 0 Å². The molecule has 5 rings (SSSR count). The van der Waals surface area contributed by atoms with Gasteiger partial charge in [0.2, 0.25) is 0 Å². The Bertz CT molecular complexity index is 1300. The number of carbonyl (C=O) groups is 1. The van der Waals surface area contributed by atoms with Crippen LogP contribution in [0.25, 0.3) is 0 Å². The number of nitrogens with zero attached hydrogens (tertiary/aromatic N) is 1. The Morgan fingerprint density at radius 1 is 0.952 bits per heavy atom. The second-order valence-corrected chi connectivity index (χ2v) is 19.2. The van der Waals surface area contributed by atoms with Gasteiger partial charge in [0.25, 0.3) is 14.2 Å². The fourth-order valence-corrected chi connectivity index (χ4v) is 13.4. The summed E-state index contributed by atoms with van der Waals surface area (Å²) in [4.78, 5) is 17.6. The topological polar surface area (TPSA) is 51.2 Å². The molecule has 0 aliphatic heterocycles. The van der Waals surface area contributed by atoms with Gasteiger partial charge in [-0.05, 0) is 75.4 Å². The van der Waals surface area contributed by atoms with Crippen molar-refractivity contribution >= 4 is 24.6 Å². The maximum atomic E-state index is 13.4. The third-order valence-corrected chi connectivity index (χ3v) is 16.0. The Balaban J connectivity index is 1.55. The van der Waals surface area contributed by atoms with Crippen LogP contribution < -0.4 is 15.7 Å². The Kier molecular flexibility index (Phi) is 8.57. The number of rotatable bonds is 7. The molecule has 5 atom stereocenters. The summed E-state index contributed by atoms with van der Waals surface area (Å²) in [5.74, 6) is 1.07. The number of pyridine rings is 1. The Morgan fingerprint density at radius 2 is 1.57 bits per heavy atom. The van der Waals surface area contributed by atoms with Gasteiger partial charge in [0.1, 0.15) is 0 Å². The van der Waals surface area contributed by atoms with Gasteiger partial charge >= 0.3 is 0 Å². The van der Waals surface area contributed by atoms with E-state index in [1.54, 1.807) is 12.4 Å². The summed E-state index contributed by atoms with van der Waals surface area (Å²) in [6, 6.07) is 25.7. The molecule has 1 amide bonds. The molecule has 2 fully saturated rings.